The molecule has 6 atom stereocenters. The van der Waals surface area contributed by atoms with E-state index in [2.05, 4.69) is 57.6 Å². The van der Waals surface area contributed by atoms with Gasteiger partial charge < -0.3 is 24.3 Å². The Morgan fingerprint density at radius 2 is 1.05 bits per heavy atom. The Balaban J connectivity index is 0.000000102. The van der Waals surface area contributed by atoms with Gasteiger partial charge in [-0.05, 0) is 91.6 Å². The lowest BCUT2D eigenvalue weighted by Gasteiger charge is -2.42. The average Bonchev–Trinajstić information content (AvgIpc) is 3.32. The Morgan fingerprint density at radius 1 is 0.486 bits per heavy atom. The van der Waals surface area contributed by atoms with Crippen LogP contribution in [-0.2, 0) is 4.74 Å². The van der Waals surface area contributed by atoms with Gasteiger partial charge in [0.25, 0.3) is 0 Å². The van der Waals surface area contributed by atoms with Crippen molar-refractivity contribution in [3.63, 3.8) is 0 Å². The number of fused-ring (bicyclic) bond motifs is 4. The molecule has 8 fully saturated rings. The van der Waals surface area contributed by atoms with Gasteiger partial charge >= 0.3 is 0 Å². The summed E-state index contributed by atoms with van der Waals surface area (Å²) in [6.45, 7) is 16.7. The molecule has 0 aromatic heterocycles. The summed E-state index contributed by atoms with van der Waals surface area (Å²) in [4.78, 5) is 15.0. The van der Waals surface area contributed by atoms with Crippen LogP contribution in [0.1, 0.15) is 44.9 Å². The predicted octanol–water partition coefficient (Wildman–Crippen LogP) is 2.09. The van der Waals surface area contributed by atoms with Crippen molar-refractivity contribution in [2.75, 3.05) is 113 Å². The van der Waals surface area contributed by atoms with E-state index in [0.717, 1.165) is 43.0 Å². The first-order chi connectivity index (χ1) is 17.9. The first-order valence-electron chi connectivity index (χ1n) is 15.8. The summed E-state index contributed by atoms with van der Waals surface area (Å²) in [5.41, 5.74) is 0. The van der Waals surface area contributed by atoms with Crippen LogP contribution in [0.3, 0.4) is 0 Å². The van der Waals surface area contributed by atoms with E-state index in [-0.39, 0.29) is 0 Å². The Bertz CT molecular complexity index is 673. The SMILES string of the molecule is CN1CC2CC2C1.CN1CC2CCOC2C1.CN1CCN2CCCC2C1.CN1CCN2CCCCC2C1. The van der Waals surface area contributed by atoms with Gasteiger partial charge in [-0.3, -0.25) is 9.80 Å². The second-order valence-corrected chi connectivity index (χ2v) is 13.7. The van der Waals surface area contributed by atoms with Gasteiger partial charge in [-0.25, -0.2) is 0 Å². The lowest BCUT2D eigenvalue weighted by atomic mass is 10.00. The standard InChI is InChI=1S/C9H18N2.C8H16N2.C7H13NO.C6H11N/c1-10-6-7-11-5-3-2-4-9(11)8-10;1-9-5-6-10-4-2-3-8(10)7-9;1-8-4-6-2-3-9-7(6)5-8;1-7-3-5-2-6(5)4-7/h9H,2-8H2,1H3;8H,2-7H2,1H3;6-7H,2-5H2,1H3;5-6H,2-4H2,1H3. The van der Waals surface area contributed by atoms with E-state index < -0.39 is 0 Å². The van der Waals surface area contributed by atoms with Crippen molar-refractivity contribution in [2.24, 2.45) is 17.8 Å². The quantitative estimate of drug-likeness (QED) is 0.485. The molecule has 7 aliphatic heterocycles. The molecule has 0 aromatic rings. The van der Waals surface area contributed by atoms with Crippen LogP contribution in [0.5, 0.6) is 0 Å². The molecule has 6 unspecified atom stereocenters. The van der Waals surface area contributed by atoms with Crippen molar-refractivity contribution in [2.45, 2.75) is 63.1 Å². The normalized spacial score (nSPS) is 40.2. The summed E-state index contributed by atoms with van der Waals surface area (Å²) < 4.78 is 5.51. The Kier molecular flexibility index (Phi) is 10.2. The molecule has 7 heteroatoms. The summed E-state index contributed by atoms with van der Waals surface area (Å²) in [5.74, 6) is 3.09. The Hall–Kier alpha value is -0.280. The van der Waals surface area contributed by atoms with Crippen LogP contribution in [0, 0.1) is 17.8 Å². The maximum Gasteiger partial charge on any atom is 0.0742 e. The predicted molar refractivity (Wildman–Crippen MR) is 153 cm³/mol. The monoisotopic (exact) mass is 518 g/mol. The van der Waals surface area contributed by atoms with Crippen molar-refractivity contribution < 1.29 is 4.74 Å². The van der Waals surface area contributed by atoms with Gasteiger partial charge in [0.15, 0.2) is 0 Å². The average molecular weight is 519 g/mol. The molecule has 8 rings (SSSR count). The molecule has 1 saturated carbocycles. The molecule has 0 aromatic carbocycles. The highest BCUT2D eigenvalue weighted by molar-refractivity contribution is 4.95. The second kappa shape index (κ2) is 13.4. The summed E-state index contributed by atoms with van der Waals surface area (Å²) >= 11 is 0. The zero-order valence-corrected chi connectivity index (χ0v) is 24.7. The maximum absolute atomic E-state index is 5.51. The van der Waals surface area contributed by atoms with Crippen molar-refractivity contribution in [3.8, 4) is 0 Å². The zero-order valence-electron chi connectivity index (χ0n) is 24.7. The molecule has 0 radical (unpaired) electrons. The van der Waals surface area contributed by atoms with Gasteiger partial charge in [0.05, 0.1) is 6.10 Å². The second-order valence-electron chi connectivity index (χ2n) is 13.7. The molecule has 0 N–H and O–H groups in total. The Morgan fingerprint density at radius 3 is 1.65 bits per heavy atom. The van der Waals surface area contributed by atoms with Crippen molar-refractivity contribution in [3.05, 3.63) is 0 Å². The highest BCUT2D eigenvalue weighted by Crippen LogP contribution is 2.44. The fourth-order valence-corrected chi connectivity index (χ4v) is 7.98. The van der Waals surface area contributed by atoms with Crippen molar-refractivity contribution in [1.29, 1.82) is 0 Å². The van der Waals surface area contributed by atoms with E-state index in [1.54, 1.807) is 0 Å². The minimum Gasteiger partial charge on any atom is -0.377 e. The molecule has 0 amide bonds. The topological polar surface area (TPSA) is 28.7 Å². The first-order valence-corrected chi connectivity index (χ1v) is 15.8. The van der Waals surface area contributed by atoms with Gasteiger partial charge in [-0.2, -0.15) is 0 Å². The van der Waals surface area contributed by atoms with Crippen molar-refractivity contribution in [1.82, 2.24) is 29.4 Å². The maximum atomic E-state index is 5.51. The van der Waals surface area contributed by atoms with Crippen LogP contribution in [0.4, 0.5) is 0 Å². The third kappa shape index (κ3) is 8.12. The molecule has 0 spiro atoms. The number of hydrogen-bond acceptors (Lipinski definition) is 7. The third-order valence-electron chi connectivity index (χ3n) is 10.4. The summed E-state index contributed by atoms with van der Waals surface area (Å²) in [6.07, 6.45) is 10.6. The summed E-state index contributed by atoms with van der Waals surface area (Å²) in [5, 5.41) is 0. The number of hydrogen-bond donors (Lipinski definition) is 0. The van der Waals surface area contributed by atoms with Crippen LogP contribution < -0.4 is 0 Å². The minimum atomic E-state index is 0.579. The lowest BCUT2D eigenvalue weighted by Crippen LogP contribution is -2.53. The van der Waals surface area contributed by atoms with E-state index in [1.165, 1.54) is 117 Å². The van der Waals surface area contributed by atoms with E-state index in [1.807, 2.05) is 0 Å². The van der Waals surface area contributed by atoms with Gasteiger partial charge in [0, 0.05) is 90.1 Å². The zero-order chi connectivity index (χ0) is 25.8. The third-order valence-corrected chi connectivity index (χ3v) is 10.4. The molecule has 214 valence electrons. The van der Waals surface area contributed by atoms with Crippen LogP contribution >= 0.6 is 0 Å². The smallest absolute Gasteiger partial charge is 0.0742 e. The highest BCUT2D eigenvalue weighted by atomic mass is 16.5. The number of nitrogens with zero attached hydrogens (tertiary/aromatic N) is 6. The van der Waals surface area contributed by atoms with E-state index >= 15 is 0 Å². The van der Waals surface area contributed by atoms with Crippen LogP contribution in [0.2, 0.25) is 0 Å². The number of likely N-dealkylation sites (tertiary alicyclic amines) is 2. The fraction of sp³-hybridized carbons (Fsp3) is 1.00. The van der Waals surface area contributed by atoms with Crippen molar-refractivity contribution >= 4 is 0 Å². The minimum absolute atomic E-state index is 0.579. The van der Waals surface area contributed by atoms with Crippen LogP contribution in [0.15, 0.2) is 0 Å². The molecular weight excluding hydrogens is 460 g/mol. The van der Waals surface area contributed by atoms with Crippen LogP contribution in [0.25, 0.3) is 0 Å². The highest BCUT2D eigenvalue weighted by Gasteiger charge is 2.43. The van der Waals surface area contributed by atoms with Gasteiger partial charge in [-0.1, -0.05) is 6.42 Å². The fourth-order valence-electron chi connectivity index (χ4n) is 7.98. The summed E-state index contributed by atoms with van der Waals surface area (Å²) in [7, 11) is 8.86. The number of ether oxygens (including phenoxy) is 1. The number of piperazine rings is 2. The first kappa shape index (κ1) is 28.3. The summed E-state index contributed by atoms with van der Waals surface area (Å²) in [6, 6.07) is 1.79. The van der Waals surface area contributed by atoms with Gasteiger partial charge in [-0.15, -0.1) is 0 Å². The molecule has 0 bridgehead atoms. The molecule has 8 aliphatic rings. The molecule has 37 heavy (non-hydrogen) atoms. The molecule has 7 nitrogen and oxygen atoms in total. The molecule has 7 heterocycles. The number of rotatable bonds is 0. The lowest BCUT2D eigenvalue weighted by molar-refractivity contribution is 0.0623. The largest absolute Gasteiger partial charge is 0.377 e. The number of likely N-dealkylation sites (N-methyl/N-ethyl adjacent to an activating group) is 3. The van der Waals surface area contributed by atoms with Gasteiger partial charge in [0.2, 0.25) is 0 Å². The van der Waals surface area contributed by atoms with E-state index in [9.17, 15) is 0 Å². The molecule has 1 aliphatic carbocycles. The molecular formula is C30H58N6O. The Labute approximate surface area is 228 Å². The van der Waals surface area contributed by atoms with Gasteiger partial charge in [0.1, 0.15) is 0 Å². The van der Waals surface area contributed by atoms with E-state index in [0.29, 0.717) is 6.10 Å². The van der Waals surface area contributed by atoms with Crippen LogP contribution in [-0.4, -0.2) is 161 Å². The molecule has 7 saturated heterocycles. The van der Waals surface area contributed by atoms with E-state index in [4.69, 9.17) is 4.74 Å². The number of piperidine rings is 2.